The fourth-order valence-electron chi connectivity index (χ4n) is 3.08. The summed E-state index contributed by atoms with van der Waals surface area (Å²) in [5.41, 5.74) is 4.72. The van der Waals surface area contributed by atoms with Gasteiger partial charge < -0.3 is 14.0 Å². The van der Waals surface area contributed by atoms with Crippen LogP contribution in [0.15, 0.2) is 67.0 Å². The molecule has 4 aromatic rings. The molecule has 0 aliphatic rings. The number of H-pyrrole nitrogens is 1. The summed E-state index contributed by atoms with van der Waals surface area (Å²) < 4.78 is 13.4. The number of methoxy groups -OCH3 is 1. The average molecular weight is 412 g/mol. The Balaban J connectivity index is 1.42. The second-order valence-corrected chi connectivity index (χ2v) is 6.97. The number of ether oxygens (including phenoxy) is 2. The van der Waals surface area contributed by atoms with E-state index in [1.165, 1.54) is 0 Å². The third kappa shape index (κ3) is 5.30. The molecule has 0 amide bonds. The number of hydrogen-bond acceptors (Lipinski definition) is 4. The van der Waals surface area contributed by atoms with Gasteiger partial charge in [0, 0.05) is 36.8 Å². The molecular weight excluding hydrogens is 388 g/mol. The van der Waals surface area contributed by atoms with Crippen LogP contribution in [0.1, 0.15) is 28.3 Å². The van der Waals surface area contributed by atoms with Crippen LogP contribution >= 0.6 is 0 Å². The van der Waals surface area contributed by atoms with Crippen molar-refractivity contribution < 1.29 is 9.47 Å². The maximum Gasteiger partial charge on any atom is 0.130 e. The van der Waals surface area contributed by atoms with Gasteiger partial charge in [0.25, 0.3) is 0 Å². The summed E-state index contributed by atoms with van der Waals surface area (Å²) in [4.78, 5) is 4.27. The van der Waals surface area contributed by atoms with Gasteiger partial charge in [0.05, 0.1) is 24.2 Å². The van der Waals surface area contributed by atoms with Gasteiger partial charge in [0.15, 0.2) is 0 Å². The Hall–Kier alpha value is -4.06. The highest BCUT2D eigenvalue weighted by atomic mass is 16.5. The first-order valence-electron chi connectivity index (χ1n) is 9.95. The molecule has 156 valence electrons. The Morgan fingerprint density at radius 3 is 2.71 bits per heavy atom. The Labute approximate surface area is 181 Å². The van der Waals surface area contributed by atoms with E-state index < -0.39 is 0 Å². The van der Waals surface area contributed by atoms with Crippen LogP contribution in [0, 0.1) is 0 Å². The predicted octanol–water partition coefficient (Wildman–Crippen LogP) is 5.07. The highest BCUT2D eigenvalue weighted by Crippen LogP contribution is 2.27. The van der Waals surface area contributed by atoms with Crippen molar-refractivity contribution in [2.75, 3.05) is 7.11 Å². The van der Waals surface area contributed by atoms with Gasteiger partial charge >= 0.3 is 0 Å². The van der Waals surface area contributed by atoms with E-state index in [1.807, 2.05) is 86.1 Å². The zero-order valence-corrected chi connectivity index (χ0v) is 17.5. The van der Waals surface area contributed by atoms with E-state index in [9.17, 15) is 0 Å². The van der Waals surface area contributed by atoms with Crippen molar-refractivity contribution in [1.82, 2.24) is 19.7 Å². The standard InChI is InChI=1S/C25H24N4O2/c1-29-15-5-7-23(29)12-11-21-16-20(27-28-21)10-8-19-9-13-24(17-25(19)30-2)31-18-22-6-3-4-14-26-22/h3-17H,18H2,1-2H3,(H,27,28). The molecule has 3 heterocycles. The van der Waals surface area contributed by atoms with Crippen LogP contribution in [0.3, 0.4) is 0 Å². The number of pyridine rings is 1. The number of rotatable bonds is 8. The van der Waals surface area contributed by atoms with Crippen LogP contribution < -0.4 is 9.47 Å². The van der Waals surface area contributed by atoms with Crippen LogP contribution in [-0.4, -0.2) is 26.9 Å². The van der Waals surface area contributed by atoms with Crippen LogP contribution in [0.25, 0.3) is 24.3 Å². The zero-order valence-electron chi connectivity index (χ0n) is 17.5. The molecule has 0 bridgehead atoms. The maximum atomic E-state index is 5.83. The molecule has 0 aliphatic heterocycles. The van der Waals surface area contributed by atoms with Crippen LogP contribution in [0.5, 0.6) is 11.5 Å². The topological polar surface area (TPSA) is 65.0 Å². The summed E-state index contributed by atoms with van der Waals surface area (Å²) in [7, 11) is 3.67. The molecule has 1 aromatic carbocycles. The third-order valence-corrected chi connectivity index (χ3v) is 4.79. The SMILES string of the molecule is COc1cc(OCc2ccccn2)ccc1C=Cc1cc(C=Cc2cccn2C)[nH]n1. The first-order valence-corrected chi connectivity index (χ1v) is 9.95. The van der Waals surface area contributed by atoms with Gasteiger partial charge in [-0.2, -0.15) is 5.10 Å². The van der Waals surface area contributed by atoms with E-state index >= 15 is 0 Å². The average Bonchev–Trinajstić information content (AvgIpc) is 3.44. The summed E-state index contributed by atoms with van der Waals surface area (Å²) in [5.74, 6) is 1.46. The number of aromatic amines is 1. The molecule has 3 aromatic heterocycles. The summed E-state index contributed by atoms with van der Waals surface area (Å²) in [5, 5.41) is 7.39. The van der Waals surface area contributed by atoms with Crippen LogP contribution in [0.4, 0.5) is 0 Å². The summed E-state index contributed by atoms with van der Waals surface area (Å²) in [6, 6.07) is 17.6. The van der Waals surface area contributed by atoms with Crippen molar-refractivity contribution in [3.05, 3.63) is 95.3 Å². The highest BCUT2D eigenvalue weighted by molar-refractivity contribution is 5.73. The number of hydrogen-bond donors (Lipinski definition) is 1. The lowest BCUT2D eigenvalue weighted by molar-refractivity contribution is 0.299. The van der Waals surface area contributed by atoms with Crippen molar-refractivity contribution in [3.8, 4) is 11.5 Å². The maximum absolute atomic E-state index is 5.83. The summed E-state index contributed by atoms with van der Waals surface area (Å²) >= 11 is 0. The minimum absolute atomic E-state index is 0.408. The third-order valence-electron chi connectivity index (χ3n) is 4.79. The van der Waals surface area contributed by atoms with Crippen LogP contribution in [0.2, 0.25) is 0 Å². The largest absolute Gasteiger partial charge is 0.496 e. The lowest BCUT2D eigenvalue weighted by Gasteiger charge is -2.09. The Morgan fingerprint density at radius 2 is 1.94 bits per heavy atom. The lowest BCUT2D eigenvalue weighted by Crippen LogP contribution is -1.98. The van der Waals surface area contributed by atoms with Crippen LogP contribution in [-0.2, 0) is 13.7 Å². The van der Waals surface area contributed by atoms with Crippen molar-refractivity contribution in [1.29, 1.82) is 0 Å². The van der Waals surface area contributed by atoms with Gasteiger partial charge in [0.1, 0.15) is 18.1 Å². The molecular formula is C25H24N4O2. The number of nitrogens with one attached hydrogen (secondary N) is 1. The van der Waals surface area contributed by atoms with E-state index in [1.54, 1.807) is 13.3 Å². The molecule has 0 spiro atoms. The Bertz CT molecular complexity index is 1190. The molecule has 0 fully saturated rings. The zero-order chi connectivity index (χ0) is 21.5. The first-order chi connectivity index (χ1) is 15.2. The molecule has 31 heavy (non-hydrogen) atoms. The molecule has 0 atom stereocenters. The van der Waals surface area contributed by atoms with Gasteiger partial charge in [-0.15, -0.1) is 0 Å². The van der Waals surface area contributed by atoms with E-state index in [4.69, 9.17) is 9.47 Å². The Kier molecular flexibility index (Phi) is 6.28. The second-order valence-electron chi connectivity index (χ2n) is 6.97. The predicted molar refractivity (Wildman–Crippen MR) is 123 cm³/mol. The second kappa shape index (κ2) is 9.63. The highest BCUT2D eigenvalue weighted by Gasteiger charge is 2.04. The fourth-order valence-corrected chi connectivity index (χ4v) is 3.08. The first kappa shape index (κ1) is 20.2. The minimum atomic E-state index is 0.408. The van der Waals surface area contributed by atoms with Gasteiger partial charge in [-0.05, 0) is 66.8 Å². The number of benzene rings is 1. The molecule has 1 N–H and O–H groups in total. The minimum Gasteiger partial charge on any atom is -0.496 e. The monoisotopic (exact) mass is 412 g/mol. The number of nitrogens with zero attached hydrogens (tertiary/aromatic N) is 3. The number of aromatic nitrogens is 4. The fraction of sp³-hybridized carbons (Fsp3) is 0.120. The molecule has 0 radical (unpaired) electrons. The van der Waals surface area contributed by atoms with E-state index in [-0.39, 0.29) is 0 Å². The summed E-state index contributed by atoms with van der Waals surface area (Å²) in [6.07, 6.45) is 11.8. The normalized spacial score (nSPS) is 11.4. The lowest BCUT2D eigenvalue weighted by atomic mass is 10.1. The van der Waals surface area contributed by atoms with Crippen molar-refractivity contribution in [2.24, 2.45) is 7.05 Å². The number of aryl methyl sites for hydroxylation is 1. The quantitative estimate of drug-likeness (QED) is 0.439. The Morgan fingerprint density at radius 1 is 1.00 bits per heavy atom. The van der Waals surface area contributed by atoms with Gasteiger partial charge in [-0.1, -0.05) is 6.07 Å². The van der Waals surface area contributed by atoms with Gasteiger partial charge in [0.2, 0.25) is 0 Å². The van der Waals surface area contributed by atoms with E-state index in [0.717, 1.165) is 39.8 Å². The van der Waals surface area contributed by atoms with Crippen molar-refractivity contribution in [3.63, 3.8) is 0 Å². The molecule has 0 saturated carbocycles. The molecule has 0 unspecified atom stereocenters. The van der Waals surface area contributed by atoms with Crippen molar-refractivity contribution in [2.45, 2.75) is 6.61 Å². The van der Waals surface area contributed by atoms with E-state index in [0.29, 0.717) is 6.61 Å². The molecule has 4 rings (SSSR count). The molecule has 6 heteroatoms. The molecule has 6 nitrogen and oxygen atoms in total. The molecule has 0 saturated heterocycles. The van der Waals surface area contributed by atoms with Gasteiger partial charge in [-0.3, -0.25) is 10.1 Å². The van der Waals surface area contributed by atoms with Crippen molar-refractivity contribution >= 4 is 24.3 Å². The summed E-state index contributed by atoms with van der Waals surface area (Å²) in [6.45, 7) is 0.408. The molecule has 0 aliphatic carbocycles. The van der Waals surface area contributed by atoms with Gasteiger partial charge in [-0.25, -0.2) is 0 Å². The smallest absolute Gasteiger partial charge is 0.130 e. The van der Waals surface area contributed by atoms with E-state index in [2.05, 4.69) is 25.8 Å².